The second-order valence-corrected chi connectivity index (χ2v) is 8.78. The number of methoxy groups -OCH3 is 1. The molecule has 29 heavy (non-hydrogen) atoms. The van der Waals surface area contributed by atoms with Crippen molar-refractivity contribution in [1.29, 1.82) is 0 Å². The molecule has 0 radical (unpaired) electrons. The molecule has 6 nitrogen and oxygen atoms in total. The minimum atomic E-state index is -3.94. The third-order valence-corrected chi connectivity index (χ3v) is 5.99. The second-order valence-electron chi connectivity index (χ2n) is 7.24. The number of carbonyl (C=O) groups is 1. The lowest BCUT2D eigenvalue weighted by Gasteiger charge is -2.30. The lowest BCUT2D eigenvalue weighted by Crippen LogP contribution is -2.40. The Labute approximate surface area is 173 Å². The summed E-state index contributed by atoms with van der Waals surface area (Å²) in [6.07, 6.45) is 0.861. The van der Waals surface area contributed by atoms with Gasteiger partial charge in [-0.2, -0.15) is 8.42 Å². The van der Waals surface area contributed by atoms with Gasteiger partial charge in [-0.1, -0.05) is 32.9 Å². The third-order valence-electron chi connectivity index (χ3n) is 4.73. The molecule has 0 spiro atoms. The normalized spacial score (nSPS) is 12.5. The summed E-state index contributed by atoms with van der Waals surface area (Å²) in [4.78, 5) is 14.4. The highest BCUT2D eigenvalue weighted by atomic mass is 32.2. The van der Waals surface area contributed by atoms with Crippen molar-refractivity contribution in [3.63, 3.8) is 0 Å². The van der Waals surface area contributed by atoms with E-state index in [0.717, 1.165) is 12.0 Å². The highest BCUT2D eigenvalue weighted by molar-refractivity contribution is 7.87. The molecule has 0 bridgehead atoms. The molecule has 0 aliphatic carbocycles. The second kappa shape index (κ2) is 9.78. The van der Waals surface area contributed by atoms with Crippen molar-refractivity contribution in [3.05, 3.63) is 54.1 Å². The Balaban J connectivity index is 2.13. The molecule has 1 unspecified atom stereocenters. The first-order valence-electron chi connectivity index (χ1n) is 9.66. The number of benzene rings is 2. The summed E-state index contributed by atoms with van der Waals surface area (Å²) in [6, 6.07) is 12.9. The monoisotopic (exact) mass is 419 g/mol. The number of hydrogen-bond acceptors (Lipinski definition) is 5. The van der Waals surface area contributed by atoms with Gasteiger partial charge in [0, 0.05) is 18.5 Å². The first-order chi connectivity index (χ1) is 13.7. The molecule has 0 fully saturated rings. The third kappa shape index (κ3) is 5.97. The topological polar surface area (TPSA) is 72.9 Å². The molecule has 0 saturated carbocycles. The van der Waals surface area contributed by atoms with Crippen LogP contribution in [-0.4, -0.2) is 32.4 Å². The smallest absolute Gasteiger partial charge is 0.339 e. The average Bonchev–Trinajstić information content (AvgIpc) is 2.71. The predicted molar refractivity (Wildman–Crippen MR) is 112 cm³/mol. The van der Waals surface area contributed by atoms with Gasteiger partial charge in [0.25, 0.3) is 0 Å². The molecule has 1 amide bonds. The quantitative estimate of drug-likeness (QED) is 0.568. The van der Waals surface area contributed by atoms with E-state index in [9.17, 15) is 13.2 Å². The van der Waals surface area contributed by atoms with E-state index in [1.54, 1.807) is 36.4 Å². The van der Waals surface area contributed by atoms with E-state index < -0.39 is 10.1 Å². The molecule has 7 heteroatoms. The molecule has 0 N–H and O–H groups in total. The number of nitrogens with zero attached hydrogens (tertiary/aromatic N) is 1. The van der Waals surface area contributed by atoms with Crippen LogP contribution in [0.15, 0.2) is 53.4 Å². The van der Waals surface area contributed by atoms with Crippen LogP contribution in [0.25, 0.3) is 0 Å². The molecule has 2 rings (SSSR count). The number of rotatable bonds is 9. The maximum Gasteiger partial charge on any atom is 0.339 e. The summed E-state index contributed by atoms with van der Waals surface area (Å²) < 4.78 is 35.1. The van der Waals surface area contributed by atoms with Gasteiger partial charge in [-0.25, -0.2) is 0 Å². The minimum absolute atomic E-state index is 0.0489. The van der Waals surface area contributed by atoms with E-state index in [2.05, 4.69) is 0 Å². The maximum absolute atomic E-state index is 12.5. The average molecular weight is 420 g/mol. The molecular weight excluding hydrogens is 390 g/mol. The molecule has 1 atom stereocenters. The number of amides is 1. The SMILES string of the molecule is CCC(C)N(Cc1ccc(OS(=O)(=O)c2ccc(OC)cc2)cc1)C(=O)C(C)C. The van der Waals surface area contributed by atoms with Gasteiger partial charge in [0.15, 0.2) is 0 Å². The first kappa shape index (κ1) is 22.7. The van der Waals surface area contributed by atoms with Crippen LogP contribution < -0.4 is 8.92 Å². The Hall–Kier alpha value is -2.54. The molecule has 0 aliphatic rings. The van der Waals surface area contributed by atoms with Gasteiger partial charge in [0.1, 0.15) is 16.4 Å². The van der Waals surface area contributed by atoms with Gasteiger partial charge >= 0.3 is 10.1 Å². The van der Waals surface area contributed by atoms with Gasteiger partial charge in [-0.3, -0.25) is 4.79 Å². The zero-order valence-electron chi connectivity index (χ0n) is 17.6. The van der Waals surface area contributed by atoms with Crippen molar-refractivity contribution < 1.29 is 22.1 Å². The Morgan fingerprint density at radius 2 is 1.52 bits per heavy atom. The van der Waals surface area contributed by atoms with Crippen LogP contribution in [0, 0.1) is 5.92 Å². The van der Waals surface area contributed by atoms with Crippen molar-refractivity contribution in [2.75, 3.05) is 7.11 Å². The van der Waals surface area contributed by atoms with Crippen molar-refractivity contribution >= 4 is 16.0 Å². The lowest BCUT2D eigenvalue weighted by molar-refractivity contribution is -0.137. The molecule has 0 heterocycles. The summed E-state index contributed by atoms with van der Waals surface area (Å²) in [5.41, 5.74) is 0.911. The van der Waals surface area contributed by atoms with Gasteiger partial charge in [-0.15, -0.1) is 0 Å². The Morgan fingerprint density at radius 3 is 2.00 bits per heavy atom. The highest BCUT2D eigenvalue weighted by Crippen LogP contribution is 2.22. The van der Waals surface area contributed by atoms with E-state index >= 15 is 0 Å². The van der Waals surface area contributed by atoms with Gasteiger partial charge in [-0.05, 0) is 55.3 Å². The Bertz CT molecular complexity index is 905. The van der Waals surface area contributed by atoms with Crippen molar-refractivity contribution in [3.8, 4) is 11.5 Å². The highest BCUT2D eigenvalue weighted by Gasteiger charge is 2.22. The van der Waals surface area contributed by atoms with Crippen LogP contribution in [0.3, 0.4) is 0 Å². The van der Waals surface area contributed by atoms with Crippen LogP contribution in [-0.2, 0) is 21.5 Å². The molecular formula is C22H29NO5S. The van der Waals surface area contributed by atoms with Crippen molar-refractivity contribution in [2.24, 2.45) is 5.92 Å². The van der Waals surface area contributed by atoms with Gasteiger partial charge < -0.3 is 13.8 Å². The Kier molecular flexibility index (Phi) is 7.67. The fourth-order valence-corrected chi connectivity index (χ4v) is 3.70. The lowest BCUT2D eigenvalue weighted by atomic mass is 10.1. The van der Waals surface area contributed by atoms with Crippen LogP contribution >= 0.6 is 0 Å². The molecule has 0 aromatic heterocycles. The molecule has 2 aromatic rings. The van der Waals surface area contributed by atoms with Gasteiger partial charge in [0.05, 0.1) is 7.11 Å². The van der Waals surface area contributed by atoms with E-state index in [1.165, 1.54) is 19.2 Å². The fourth-order valence-electron chi connectivity index (χ4n) is 2.77. The summed E-state index contributed by atoms with van der Waals surface area (Å²) in [5.74, 6) is 0.799. The Morgan fingerprint density at radius 1 is 0.966 bits per heavy atom. The molecule has 2 aromatic carbocycles. The predicted octanol–water partition coefficient (Wildman–Crippen LogP) is 4.25. The summed E-state index contributed by atoms with van der Waals surface area (Å²) in [6.45, 7) is 8.32. The van der Waals surface area contributed by atoms with Crippen LogP contribution in [0.5, 0.6) is 11.5 Å². The number of hydrogen-bond donors (Lipinski definition) is 0. The zero-order valence-corrected chi connectivity index (χ0v) is 18.4. The maximum atomic E-state index is 12.5. The summed E-state index contributed by atoms with van der Waals surface area (Å²) in [7, 11) is -2.42. The molecule has 0 saturated heterocycles. The first-order valence-corrected chi connectivity index (χ1v) is 11.1. The fraction of sp³-hybridized carbons (Fsp3) is 0.409. The minimum Gasteiger partial charge on any atom is -0.497 e. The van der Waals surface area contributed by atoms with Crippen LogP contribution in [0.2, 0.25) is 0 Å². The largest absolute Gasteiger partial charge is 0.497 e. The standard InChI is InChI=1S/C22H29NO5S/c1-6-17(4)23(22(24)16(2)3)15-18-7-9-20(10-8-18)28-29(25,26)21-13-11-19(27-5)12-14-21/h7-14,16-17H,6,15H2,1-5H3. The summed E-state index contributed by atoms with van der Waals surface area (Å²) >= 11 is 0. The van der Waals surface area contributed by atoms with Crippen molar-refractivity contribution in [1.82, 2.24) is 4.90 Å². The summed E-state index contributed by atoms with van der Waals surface area (Å²) in [5, 5.41) is 0. The van der Waals surface area contributed by atoms with E-state index in [1.807, 2.05) is 32.6 Å². The molecule has 0 aliphatic heterocycles. The number of ether oxygens (including phenoxy) is 1. The van der Waals surface area contributed by atoms with Crippen LogP contribution in [0.4, 0.5) is 0 Å². The van der Waals surface area contributed by atoms with Crippen LogP contribution in [0.1, 0.15) is 39.7 Å². The molecule has 158 valence electrons. The number of carbonyl (C=O) groups excluding carboxylic acids is 1. The van der Waals surface area contributed by atoms with Crippen molar-refractivity contribution in [2.45, 2.75) is 51.6 Å². The zero-order chi connectivity index (χ0) is 21.6. The van der Waals surface area contributed by atoms with E-state index in [-0.39, 0.29) is 28.5 Å². The van der Waals surface area contributed by atoms with E-state index in [4.69, 9.17) is 8.92 Å². The van der Waals surface area contributed by atoms with E-state index in [0.29, 0.717) is 12.3 Å². The van der Waals surface area contributed by atoms with Gasteiger partial charge in [0.2, 0.25) is 5.91 Å².